The smallest absolute Gasteiger partial charge is 0.0639 e. The summed E-state index contributed by atoms with van der Waals surface area (Å²) in [5, 5.41) is 9.71. The van der Waals surface area contributed by atoms with Gasteiger partial charge in [-0.05, 0) is 18.1 Å². The summed E-state index contributed by atoms with van der Waals surface area (Å²) in [6, 6.07) is 7.24. The van der Waals surface area contributed by atoms with E-state index in [1.807, 2.05) is 19.2 Å². The van der Waals surface area contributed by atoms with E-state index >= 15 is 0 Å². The zero-order valence-corrected chi connectivity index (χ0v) is 11.1. The Bertz CT molecular complexity index is 437. The van der Waals surface area contributed by atoms with Gasteiger partial charge in [0.05, 0.1) is 13.2 Å². The summed E-state index contributed by atoms with van der Waals surface area (Å²) in [4.78, 5) is 2.73. The van der Waals surface area contributed by atoms with Crippen LogP contribution in [0.2, 0.25) is 0 Å². The van der Waals surface area contributed by atoms with E-state index in [1.54, 1.807) is 12.1 Å². The molecule has 0 fully saturated rings. The molecule has 0 unspecified atom stereocenters. The lowest BCUT2D eigenvalue weighted by Gasteiger charge is -2.10. The summed E-state index contributed by atoms with van der Waals surface area (Å²) in [6.07, 6.45) is 0. The van der Waals surface area contributed by atoms with Gasteiger partial charge in [0.25, 0.3) is 0 Å². The average molecular weight is 261 g/mol. The lowest BCUT2D eigenvalue weighted by Crippen LogP contribution is -2.21. The second-order valence-electron chi connectivity index (χ2n) is 3.86. The molecule has 0 saturated carbocycles. The van der Waals surface area contributed by atoms with E-state index in [4.69, 9.17) is 10.3 Å². The molecule has 2 N–H and O–H groups in total. The third-order valence-electron chi connectivity index (χ3n) is 2.46. The maximum atomic E-state index is 8.31. The summed E-state index contributed by atoms with van der Waals surface area (Å²) in [5.41, 5.74) is 10.7. The number of nitrogens with zero attached hydrogens (tertiary/aromatic N) is 3. The van der Waals surface area contributed by atoms with Gasteiger partial charge in [-0.3, -0.25) is 0 Å². The van der Waals surface area contributed by atoms with Crippen LogP contribution in [0.15, 0.2) is 36.0 Å². The van der Waals surface area contributed by atoms with Gasteiger partial charge < -0.3 is 15.4 Å². The first-order chi connectivity index (χ1) is 9.27. The zero-order chi connectivity index (χ0) is 13.9. The summed E-state index contributed by atoms with van der Waals surface area (Å²) in [5.74, 6) is 0. The van der Waals surface area contributed by atoms with Crippen LogP contribution in [0, 0.1) is 0 Å². The first-order valence-corrected chi connectivity index (χ1v) is 6.08. The third kappa shape index (κ3) is 5.92. The van der Waals surface area contributed by atoms with Crippen LogP contribution in [0.3, 0.4) is 0 Å². The highest BCUT2D eigenvalue weighted by atomic mass is 16.5. The van der Waals surface area contributed by atoms with Gasteiger partial charge in [-0.15, -0.1) is 0 Å². The second-order valence-corrected chi connectivity index (χ2v) is 3.86. The van der Waals surface area contributed by atoms with Gasteiger partial charge in [-0.25, -0.2) is 0 Å². The quantitative estimate of drug-likeness (QED) is 0.310. The number of azide groups is 1. The third-order valence-corrected chi connectivity index (χ3v) is 2.46. The number of hydrogen-bond donors (Lipinski definition) is 2. The minimum absolute atomic E-state index is 0.592. The second kappa shape index (κ2) is 8.99. The molecular weight excluding hydrogens is 242 g/mol. The van der Waals surface area contributed by atoms with E-state index in [2.05, 4.69) is 27.2 Å². The van der Waals surface area contributed by atoms with Crippen LogP contribution >= 0.6 is 0 Å². The molecule has 0 saturated heterocycles. The standard InChI is InChI=1S/C13H19N5O/c1-11(16-8-10-19-9-7-15-2)12-3-5-13(6-4-12)17-18-14/h3-6,15-16H,1,7-10H2,2H3. The Balaban J connectivity index is 2.31. The highest BCUT2D eigenvalue weighted by Gasteiger charge is 1.98. The Morgan fingerprint density at radius 1 is 1.32 bits per heavy atom. The van der Waals surface area contributed by atoms with E-state index in [9.17, 15) is 0 Å². The fraction of sp³-hybridized carbons (Fsp3) is 0.385. The van der Waals surface area contributed by atoms with E-state index in [0.29, 0.717) is 25.4 Å². The van der Waals surface area contributed by atoms with Gasteiger partial charge in [-0.2, -0.15) is 0 Å². The maximum Gasteiger partial charge on any atom is 0.0639 e. The fourth-order valence-corrected chi connectivity index (χ4v) is 1.43. The van der Waals surface area contributed by atoms with Crippen LogP contribution in [0.1, 0.15) is 5.56 Å². The van der Waals surface area contributed by atoms with E-state index in [1.165, 1.54) is 0 Å². The van der Waals surface area contributed by atoms with Crippen LogP contribution in [-0.2, 0) is 4.74 Å². The van der Waals surface area contributed by atoms with Gasteiger partial charge in [0.15, 0.2) is 0 Å². The molecule has 0 aromatic heterocycles. The maximum absolute atomic E-state index is 8.31. The zero-order valence-electron chi connectivity index (χ0n) is 11.1. The molecule has 1 aromatic carbocycles. The normalized spacial score (nSPS) is 9.74. The lowest BCUT2D eigenvalue weighted by atomic mass is 10.1. The Hall–Kier alpha value is -2.01. The van der Waals surface area contributed by atoms with Crippen molar-refractivity contribution in [2.24, 2.45) is 5.11 Å². The molecular formula is C13H19N5O. The van der Waals surface area contributed by atoms with Crippen molar-refractivity contribution >= 4 is 11.4 Å². The van der Waals surface area contributed by atoms with E-state index < -0.39 is 0 Å². The highest BCUT2D eigenvalue weighted by molar-refractivity contribution is 5.63. The first kappa shape index (κ1) is 15.0. The number of nitrogens with one attached hydrogen (secondary N) is 2. The van der Waals surface area contributed by atoms with Crippen molar-refractivity contribution in [3.05, 3.63) is 46.9 Å². The fourth-order valence-electron chi connectivity index (χ4n) is 1.43. The number of benzene rings is 1. The van der Waals surface area contributed by atoms with Crippen molar-refractivity contribution in [3.63, 3.8) is 0 Å². The lowest BCUT2D eigenvalue weighted by molar-refractivity contribution is 0.141. The molecule has 0 amide bonds. The molecule has 1 rings (SSSR count). The molecule has 0 aliphatic rings. The molecule has 0 atom stereocenters. The van der Waals surface area contributed by atoms with Crippen LogP contribution in [-0.4, -0.2) is 33.4 Å². The van der Waals surface area contributed by atoms with Crippen molar-refractivity contribution in [2.45, 2.75) is 0 Å². The van der Waals surface area contributed by atoms with Crippen molar-refractivity contribution < 1.29 is 4.74 Å². The Labute approximate surface area is 113 Å². The Kier molecular flexibility index (Phi) is 7.12. The highest BCUT2D eigenvalue weighted by Crippen LogP contribution is 2.16. The summed E-state index contributed by atoms with van der Waals surface area (Å²) >= 11 is 0. The Morgan fingerprint density at radius 3 is 2.63 bits per heavy atom. The Morgan fingerprint density at radius 2 is 2.00 bits per heavy atom. The van der Waals surface area contributed by atoms with Gasteiger partial charge in [0.1, 0.15) is 0 Å². The van der Waals surface area contributed by atoms with Crippen molar-refractivity contribution in [1.29, 1.82) is 0 Å². The average Bonchev–Trinajstić information content (AvgIpc) is 2.43. The van der Waals surface area contributed by atoms with Gasteiger partial charge in [-0.1, -0.05) is 36.0 Å². The van der Waals surface area contributed by atoms with Crippen molar-refractivity contribution in [1.82, 2.24) is 10.6 Å². The molecule has 0 radical (unpaired) electrons. The van der Waals surface area contributed by atoms with E-state index in [-0.39, 0.29) is 0 Å². The molecule has 0 bridgehead atoms. The molecule has 1 aromatic rings. The predicted molar refractivity (Wildman–Crippen MR) is 77.0 cm³/mol. The predicted octanol–water partition coefficient (Wildman–Crippen LogP) is 2.42. The van der Waals surface area contributed by atoms with Crippen LogP contribution < -0.4 is 10.6 Å². The van der Waals surface area contributed by atoms with E-state index in [0.717, 1.165) is 17.8 Å². The largest absolute Gasteiger partial charge is 0.383 e. The molecule has 0 aliphatic heterocycles. The van der Waals surface area contributed by atoms with Gasteiger partial charge in [0, 0.05) is 29.4 Å². The summed E-state index contributed by atoms with van der Waals surface area (Å²) in [6.45, 7) is 6.85. The first-order valence-electron chi connectivity index (χ1n) is 6.08. The van der Waals surface area contributed by atoms with Gasteiger partial charge >= 0.3 is 0 Å². The molecule has 0 aliphatic carbocycles. The molecule has 6 nitrogen and oxygen atoms in total. The molecule has 0 spiro atoms. The van der Waals surface area contributed by atoms with Crippen molar-refractivity contribution in [2.75, 3.05) is 33.4 Å². The van der Waals surface area contributed by atoms with Crippen LogP contribution in [0.4, 0.5) is 5.69 Å². The molecule has 0 heterocycles. The SMILES string of the molecule is C=C(NCCOCCNC)c1ccc(N=[N+]=[N-])cc1. The molecule has 19 heavy (non-hydrogen) atoms. The van der Waals surface area contributed by atoms with Crippen LogP contribution in [0.5, 0.6) is 0 Å². The monoisotopic (exact) mass is 261 g/mol. The molecule has 6 heteroatoms. The van der Waals surface area contributed by atoms with Crippen LogP contribution in [0.25, 0.3) is 16.1 Å². The van der Waals surface area contributed by atoms with Crippen molar-refractivity contribution in [3.8, 4) is 0 Å². The minimum Gasteiger partial charge on any atom is -0.383 e. The van der Waals surface area contributed by atoms with Gasteiger partial charge in [0.2, 0.25) is 0 Å². The minimum atomic E-state index is 0.592. The number of hydrogen-bond acceptors (Lipinski definition) is 4. The molecule has 102 valence electrons. The number of ether oxygens (including phenoxy) is 1. The number of rotatable bonds is 9. The number of likely N-dealkylation sites (N-methyl/N-ethyl adjacent to an activating group) is 1. The summed E-state index contributed by atoms with van der Waals surface area (Å²) in [7, 11) is 1.89. The topological polar surface area (TPSA) is 82.0 Å². The summed E-state index contributed by atoms with van der Waals surface area (Å²) < 4.78 is 5.39.